The second kappa shape index (κ2) is 5.78. The van der Waals surface area contributed by atoms with Crippen LogP contribution in [0, 0.1) is 5.41 Å². The highest BCUT2D eigenvalue weighted by Gasteiger charge is 2.28. The van der Waals surface area contributed by atoms with Crippen molar-refractivity contribution in [1.82, 2.24) is 19.9 Å². The number of piperidine rings is 1. The predicted octanol–water partition coefficient (Wildman–Crippen LogP) is 0.664. The van der Waals surface area contributed by atoms with Crippen LogP contribution in [-0.2, 0) is 0 Å². The Balaban J connectivity index is 2.00. The quantitative estimate of drug-likeness (QED) is 0.837. The molecule has 0 saturated carbocycles. The average molecular weight is 279 g/mol. The zero-order valence-electron chi connectivity index (χ0n) is 12.8. The molecular formula is C13H25N7. The molecule has 1 aromatic rings. The molecule has 3 N–H and O–H groups in total. The normalized spacial score (nSPS) is 18.8. The van der Waals surface area contributed by atoms with Gasteiger partial charge in [0.1, 0.15) is 0 Å². The first-order chi connectivity index (χ1) is 9.38. The van der Waals surface area contributed by atoms with E-state index in [4.69, 9.17) is 5.73 Å². The number of aromatic nitrogens is 3. The van der Waals surface area contributed by atoms with Crippen molar-refractivity contribution in [3.63, 3.8) is 0 Å². The average Bonchev–Trinajstić information content (AvgIpc) is 2.40. The van der Waals surface area contributed by atoms with Gasteiger partial charge in [-0.25, -0.2) is 0 Å². The van der Waals surface area contributed by atoms with Crippen LogP contribution in [0.15, 0.2) is 0 Å². The summed E-state index contributed by atoms with van der Waals surface area (Å²) < 4.78 is 0. The van der Waals surface area contributed by atoms with Crippen molar-refractivity contribution in [2.24, 2.45) is 5.41 Å². The topological polar surface area (TPSA) is 83.2 Å². The summed E-state index contributed by atoms with van der Waals surface area (Å²) in [4.78, 5) is 16.8. The number of anilines is 3. The molecule has 1 aliphatic heterocycles. The maximum absolute atomic E-state index is 5.72. The first-order valence-corrected chi connectivity index (χ1v) is 6.99. The molecule has 1 aliphatic rings. The molecule has 0 unspecified atom stereocenters. The SMILES string of the molecule is CN1CCC(C)(CNc2nc(N)nc(N(C)C)n2)CC1. The lowest BCUT2D eigenvalue weighted by molar-refractivity contribution is 0.150. The Morgan fingerprint density at radius 3 is 2.50 bits per heavy atom. The lowest BCUT2D eigenvalue weighted by atomic mass is 9.80. The van der Waals surface area contributed by atoms with Gasteiger partial charge in [0, 0.05) is 20.6 Å². The molecule has 0 amide bonds. The van der Waals surface area contributed by atoms with E-state index in [1.165, 1.54) is 12.8 Å². The second-order valence-corrected chi connectivity index (χ2v) is 6.18. The monoisotopic (exact) mass is 279 g/mol. The number of likely N-dealkylation sites (tertiary alicyclic amines) is 1. The molecule has 20 heavy (non-hydrogen) atoms. The van der Waals surface area contributed by atoms with E-state index in [-0.39, 0.29) is 11.4 Å². The van der Waals surface area contributed by atoms with Gasteiger partial charge in [0.05, 0.1) is 0 Å². The van der Waals surface area contributed by atoms with Gasteiger partial charge in [-0.2, -0.15) is 15.0 Å². The van der Waals surface area contributed by atoms with Crippen LogP contribution in [0.3, 0.4) is 0 Å². The number of nitrogen functional groups attached to an aromatic ring is 1. The van der Waals surface area contributed by atoms with E-state index in [9.17, 15) is 0 Å². The Morgan fingerprint density at radius 2 is 1.90 bits per heavy atom. The minimum Gasteiger partial charge on any atom is -0.368 e. The minimum atomic E-state index is 0.250. The Bertz CT molecular complexity index is 452. The molecule has 1 aromatic heterocycles. The van der Waals surface area contributed by atoms with Crippen molar-refractivity contribution < 1.29 is 0 Å². The van der Waals surface area contributed by atoms with Crippen LogP contribution in [0.25, 0.3) is 0 Å². The lowest BCUT2D eigenvalue weighted by Gasteiger charge is -2.37. The minimum absolute atomic E-state index is 0.250. The summed E-state index contributed by atoms with van der Waals surface area (Å²) in [6, 6.07) is 0. The van der Waals surface area contributed by atoms with Crippen molar-refractivity contribution in [2.75, 3.05) is 56.7 Å². The highest BCUT2D eigenvalue weighted by atomic mass is 15.3. The van der Waals surface area contributed by atoms with E-state index in [0.717, 1.165) is 19.6 Å². The van der Waals surface area contributed by atoms with Crippen molar-refractivity contribution in [3.8, 4) is 0 Å². The smallest absolute Gasteiger partial charge is 0.231 e. The highest BCUT2D eigenvalue weighted by Crippen LogP contribution is 2.30. The molecule has 1 saturated heterocycles. The van der Waals surface area contributed by atoms with Gasteiger partial charge in [-0.05, 0) is 38.4 Å². The van der Waals surface area contributed by atoms with Gasteiger partial charge < -0.3 is 20.9 Å². The molecule has 0 bridgehead atoms. The predicted molar refractivity (Wildman–Crippen MR) is 81.9 cm³/mol. The molecule has 0 spiro atoms. The lowest BCUT2D eigenvalue weighted by Crippen LogP contribution is -2.40. The maximum Gasteiger partial charge on any atom is 0.231 e. The van der Waals surface area contributed by atoms with Gasteiger partial charge in [0.25, 0.3) is 0 Å². The van der Waals surface area contributed by atoms with Crippen molar-refractivity contribution in [2.45, 2.75) is 19.8 Å². The van der Waals surface area contributed by atoms with Crippen LogP contribution < -0.4 is 16.0 Å². The molecule has 2 heterocycles. The summed E-state index contributed by atoms with van der Waals surface area (Å²) in [7, 11) is 5.94. The summed E-state index contributed by atoms with van der Waals surface area (Å²) in [5, 5.41) is 3.32. The maximum atomic E-state index is 5.72. The molecule has 7 nitrogen and oxygen atoms in total. The van der Waals surface area contributed by atoms with E-state index in [1.54, 1.807) is 0 Å². The fourth-order valence-corrected chi connectivity index (χ4v) is 2.29. The third-order valence-electron chi connectivity index (χ3n) is 3.91. The molecule has 0 aromatic carbocycles. The third-order valence-corrected chi connectivity index (χ3v) is 3.91. The van der Waals surface area contributed by atoms with Crippen LogP contribution in [0.1, 0.15) is 19.8 Å². The van der Waals surface area contributed by atoms with Crippen LogP contribution >= 0.6 is 0 Å². The standard InChI is InChI=1S/C13H25N7/c1-13(5-7-20(4)8-6-13)9-15-11-16-10(14)17-12(18-11)19(2)3/h5-9H2,1-4H3,(H3,14,15,16,17,18). The molecule has 0 atom stereocenters. The first-order valence-electron chi connectivity index (χ1n) is 6.99. The largest absolute Gasteiger partial charge is 0.368 e. The first kappa shape index (κ1) is 14.8. The molecule has 2 rings (SSSR count). The Kier molecular flexibility index (Phi) is 4.27. The van der Waals surface area contributed by atoms with E-state index in [2.05, 4.69) is 39.1 Å². The molecular weight excluding hydrogens is 254 g/mol. The van der Waals surface area contributed by atoms with E-state index in [1.807, 2.05) is 19.0 Å². The molecule has 0 aliphatic carbocycles. The van der Waals surface area contributed by atoms with Crippen LogP contribution in [0.5, 0.6) is 0 Å². The number of hydrogen-bond acceptors (Lipinski definition) is 7. The van der Waals surface area contributed by atoms with Gasteiger partial charge in [0.2, 0.25) is 17.8 Å². The number of nitrogens with one attached hydrogen (secondary N) is 1. The summed E-state index contributed by atoms with van der Waals surface area (Å²) >= 11 is 0. The number of nitrogens with zero attached hydrogens (tertiary/aromatic N) is 5. The number of nitrogens with two attached hydrogens (primary N) is 1. The van der Waals surface area contributed by atoms with Gasteiger partial charge in [-0.3, -0.25) is 0 Å². The molecule has 7 heteroatoms. The molecule has 1 fully saturated rings. The Hall–Kier alpha value is -1.63. The Morgan fingerprint density at radius 1 is 1.25 bits per heavy atom. The molecule has 112 valence electrons. The summed E-state index contributed by atoms with van der Waals surface area (Å²) in [5.74, 6) is 1.38. The third kappa shape index (κ3) is 3.69. The van der Waals surface area contributed by atoms with Crippen LogP contribution in [0.4, 0.5) is 17.8 Å². The summed E-state index contributed by atoms with van der Waals surface area (Å²) in [6.45, 7) is 5.45. The van der Waals surface area contributed by atoms with Crippen LogP contribution in [-0.4, -0.2) is 60.6 Å². The van der Waals surface area contributed by atoms with Gasteiger partial charge in [0.15, 0.2) is 0 Å². The highest BCUT2D eigenvalue weighted by molar-refractivity contribution is 5.40. The van der Waals surface area contributed by atoms with Crippen molar-refractivity contribution in [3.05, 3.63) is 0 Å². The fraction of sp³-hybridized carbons (Fsp3) is 0.769. The van der Waals surface area contributed by atoms with Gasteiger partial charge in [-0.1, -0.05) is 6.92 Å². The zero-order valence-corrected chi connectivity index (χ0v) is 12.8. The van der Waals surface area contributed by atoms with Gasteiger partial charge >= 0.3 is 0 Å². The van der Waals surface area contributed by atoms with E-state index in [0.29, 0.717) is 11.9 Å². The second-order valence-electron chi connectivity index (χ2n) is 6.18. The summed E-state index contributed by atoms with van der Waals surface area (Å²) in [5.41, 5.74) is 6.01. The number of rotatable bonds is 4. The fourth-order valence-electron chi connectivity index (χ4n) is 2.29. The Labute approximate surface area is 120 Å². The van der Waals surface area contributed by atoms with Crippen molar-refractivity contribution in [1.29, 1.82) is 0 Å². The van der Waals surface area contributed by atoms with Crippen LogP contribution in [0.2, 0.25) is 0 Å². The van der Waals surface area contributed by atoms with E-state index >= 15 is 0 Å². The zero-order chi connectivity index (χ0) is 14.8. The van der Waals surface area contributed by atoms with Crippen molar-refractivity contribution >= 4 is 17.8 Å². The summed E-state index contributed by atoms with van der Waals surface area (Å²) in [6.07, 6.45) is 2.36. The molecule has 0 radical (unpaired) electrons. The van der Waals surface area contributed by atoms with E-state index < -0.39 is 0 Å². The number of hydrogen-bond donors (Lipinski definition) is 2. The van der Waals surface area contributed by atoms with Gasteiger partial charge in [-0.15, -0.1) is 0 Å².